The molecule has 5 heteroatoms. The lowest BCUT2D eigenvalue weighted by atomic mass is 9.91. The van der Waals surface area contributed by atoms with Gasteiger partial charge in [-0.25, -0.2) is 0 Å². The van der Waals surface area contributed by atoms with Crippen molar-refractivity contribution in [3.8, 4) is 0 Å². The van der Waals surface area contributed by atoms with Crippen LogP contribution in [0.15, 0.2) is 23.2 Å². The highest BCUT2D eigenvalue weighted by molar-refractivity contribution is 5.92. The minimum Gasteiger partial charge on any atom is -0.394 e. The third kappa shape index (κ3) is 3.89. The topological polar surface area (TPSA) is 70.6 Å². The summed E-state index contributed by atoms with van der Waals surface area (Å²) in [4.78, 5) is 3.98. The van der Waals surface area contributed by atoms with E-state index in [0.717, 1.165) is 12.1 Å². The lowest BCUT2D eigenvalue weighted by Crippen LogP contribution is -2.23. The molecule has 1 aliphatic carbocycles. The number of anilines is 1. The van der Waals surface area contributed by atoms with Crippen molar-refractivity contribution in [1.29, 1.82) is 0 Å². The van der Waals surface area contributed by atoms with Crippen molar-refractivity contribution >= 4 is 24.1 Å². The van der Waals surface area contributed by atoms with Crippen molar-refractivity contribution in [1.82, 2.24) is 0 Å². The minimum absolute atomic E-state index is 0. The van der Waals surface area contributed by atoms with E-state index in [4.69, 9.17) is 10.8 Å². The molecular formula is C13H20ClN3O. The van der Waals surface area contributed by atoms with Crippen LogP contribution in [0, 0.1) is 0 Å². The van der Waals surface area contributed by atoms with E-state index >= 15 is 0 Å². The summed E-state index contributed by atoms with van der Waals surface area (Å²) >= 11 is 0. The van der Waals surface area contributed by atoms with Gasteiger partial charge in [-0.05, 0) is 48.9 Å². The zero-order chi connectivity index (χ0) is 12.1. The Labute approximate surface area is 114 Å². The van der Waals surface area contributed by atoms with E-state index in [1.165, 1.54) is 30.4 Å². The molecule has 0 radical (unpaired) electrons. The van der Waals surface area contributed by atoms with Crippen LogP contribution in [-0.4, -0.2) is 24.2 Å². The number of hydrogen-bond donors (Lipinski definition) is 3. The zero-order valence-corrected chi connectivity index (χ0v) is 11.2. The van der Waals surface area contributed by atoms with Crippen LogP contribution in [0.1, 0.15) is 24.0 Å². The summed E-state index contributed by atoms with van der Waals surface area (Å²) in [5, 5.41) is 11.7. The first-order valence-electron chi connectivity index (χ1n) is 6.09. The zero-order valence-electron chi connectivity index (χ0n) is 10.4. The summed E-state index contributed by atoms with van der Waals surface area (Å²) in [6.07, 6.45) is 4.90. The summed E-state index contributed by atoms with van der Waals surface area (Å²) < 4.78 is 0. The monoisotopic (exact) mass is 269 g/mol. The Bertz CT molecular complexity index is 421. The van der Waals surface area contributed by atoms with E-state index in [9.17, 15) is 0 Å². The van der Waals surface area contributed by atoms with Crippen molar-refractivity contribution < 1.29 is 5.11 Å². The first-order chi connectivity index (χ1) is 8.29. The van der Waals surface area contributed by atoms with Gasteiger partial charge < -0.3 is 16.2 Å². The van der Waals surface area contributed by atoms with E-state index in [1.807, 2.05) is 6.07 Å². The van der Waals surface area contributed by atoms with Crippen LogP contribution in [-0.2, 0) is 12.8 Å². The summed E-state index contributed by atoms with van der Waals surface area (Å²) in [7, 11) is 0. The molecule has 4 N–H and O–H groups in total. The first-order valence-corrected chi connectivity index (χ1v) is 6.09. The summed E-state index contributed by atoms with van der Waals surface area (Å²) in [5.41, 5.74) is 9.54. The normalized spacial score (nSPS) is 14.6. The molecule has 0 atom stereocenters. The number of rotatable bonds is 3. The van der Waals surface area contributed by atoms with Gasteiger partial charge in [0.2, 0.25) is 0 Å². The highest BCUT2D eigenvalue weighted by atomic mass is 35.5. The van der Waals surface area contributed by atoms with Gasteiger partial charge in [-0.15, -0.1) is 12.4 Å². The molecule has 100 valence electrons. The Morgan fingerprint density at radius 2 is 2.00 bits per heavy atom. The summed E-state index contributed by atoms with van der Waals surface area (Å²) in [5.74, 6) is 0.356. The average Bonchev–Trinajstić information content (AvgIpc) is 2.36. The standard InChI is InChI=1S/C13H19N3O.ClH/c14-13(15-7-8-17)16-12-6-5-10-3-1-2-4-11(10)9-12;/h5-6,9,17H,1-4,7-8H2,(H3,14,15,16);1H. The fraction of sp³-hybridized carbons (Fsp3) is 0.462. The van der Waals surface area contributed by atoms with Crippen LogP contribution in [0.2, 0.25) is 0 Å². The first kappa shape index (κ1) is 14.8. The fourth-order valence-corrected chi connectivity index (χ4v) is 2.17. The maximum absolute atomic E-state index is 8.65. The predicted octanol–water partition coefficient (Wildman–Crippen LogP) is 1.71. The quantitative estimate of drug-likeness (QED) is 0.578. The van der Waals surface area contributed by atoms with E-state index in [1.54, 1.807) is 0 Å². The maximum Gasteiger partial charge on any atom is 0.193 e. The number of nitrogens with zero attached hydrogens (tertiary/aromatic N) is 1. The highest BCUT2D eigenvalue weighted by Gasteiger charge is 2.09. The molecule has 0 unspecified atom stereocenters. The molecule has 18 heavy (non-hydrogen) atoms. The van der Waals surface area contributed by atoms with Crippen molar-refractivity contribution in [3.63, 3.8) is 0 Å². The SMILES string of the molecule is Cl.NC(=NCCO)Nc1ccc2c(c1)CCCC2. The van der Waals surface area contributed by atoms with Crippen molar-refractivity contribution in [3.05, 3.63) is 29.3 Å². The van der Waals surface area contributed by atoms with Crippen LogP contribution >= 0.6 is 12.4 Å². The van der Waals surface area contributed by atoms with Gasteiger partial charge in [-0.1, -0.05) is 6.07 Å². The molecule has 2 rings (SSSR count). The van der Waals surface area contributed by atoms with Crippen LogP contribution in [0.4, 0.5) is 5.69 Å². The minimum atomic E-state index is 0. The smallest absolute Gasteiger partial charge is 0.193 e. The van der Waals surface area contributed by atoms with Crippen LogP contribution in [0.25, 0.3) is 0 Å². The van der Waals surface area contributed by atoms with E-state index in [2.05, 4.69) is 22.4 Å². The number of aliphatic hydroxyl groups is 1. The van der Waals surface area contributed by atoms with Gasteiger partial charge in [0.05, 0.1) is 13.2 Å². The van der Waals surface area contributed by atoms with Crippen LogP contribution < -0.4 is 11.1 Å². The molecule has 1 aromatic rings. The van der Waals surface area contributed by atoms with Gasteiger partial charge >= 0.3 is 0 Å². The third-order valence-electron chi connectivity index (χ3n) is 3.00. The second-order valence-electron chi connectivity index (χ2n) is 4.31. The Morgan fingerprint density at radius 3 is 2.72 bits per heavy atom. The van der Waals surface area contributed by atoms with E-state index in [-0.39, 0.29) is 19.0 Å². The van der Waals surface area contributed by atoms with E-state index in [0.29, 0.717) is 12.5 Å². The molecule has 1 aliphatic rings. The highest BCUT2D eigenvalue weighted by Crippen LogP contribution is 2.24. The number of fused-ring (bicyclic) bond motifs is 1. The Morgan fingerprint density at radius 1 is 1.28 bits per heavy atom. The largest absolute Gasteiger partial charge is 0.394 e. The molecule has 0 spiro atoms. The Balaban J connectivity index is 0.00000162. The van der Waals surface area contributed by atoms with Crippen LogP contribution in [0.5, 0.6) is 0 Å². The molecule has 0 saturated heterocycles. The fourth-order valence-electron chi connectivity index (χ4n) is 2.17. The van der Waals surface area contributed by atoms with Gasteiger partial charge in [0, 0.05) is 5.69 Å². The van der Waals surface area contributed by atoms with Crippen molar-refractivity contribution in [2.45, 2.75) is 25.7 Å². The molecule has 1 aromatic carbocycles. The lowest BCUT2D eigenvalue weighted by Gasteiger charge is -2.17. The number of aryl methyl sites for hydroxylation is 2. The second-order valence-corrected chi connectivity index (χ2v) is 4.31. The van der Waals surface area contributed by atoms with Gasteiger partial charge in [0.15, 0.2) is 5.96 Å². The van der Waals surface area contributed by atoms with Crippen LogP contribution in [0.3, 0.4) is 0 Å². The lowest BCUT2D eigenvalue weighted by molar-refractivity contribution is 0.307. The average molecular weight is 270 g/mol. The van der Waals surface area contributed by atoms with Gasteiger partial charge in [-0.3, -0.25) is 4.99 Å². The van der Waals surface area contributed by atoms with Gasteiger partial charge in [0.25, 0.3) is 0 Å². The Kier molecular flexibility index (Phi) is 5.95. The molecule has 0 aliphatic heterocycles. The Hall–Kier alpha value is -1.26. The predicted molar refractivity (Wildman–Crippen MR) is 77.5 cm³/mol. The number of aliphatic hydroxyl groups excluding tert-OH is 1. The molecular weight excluding hydrogens is 250 g/mol. The molecule has 0 saturated carbocycles. The molecule has 0 heterocycles. The van der Waals surface area contributed by atoms with Gasteiger partial charge in [-0.2, -0.15) is 0 Å². The number of benzene rings is 1. The molecule has 0 amide bonds. The molecule has 4 nitrogen and oxygen atoms in total. The molecule has 0 bridgehead atoms. The number of aliphatic imine (C=N–C) groups is 1. The molecule has 0 aromatic heterocycles. The van der Waals surface area contributed by atoms with E-state index < -0.39 is 0 Å². The summed E-state index contributed by atoms with van der Waals surface area (Å²) in [6.45, 7) is 0.357. The molecule has 0 fully saturated rings. The number of halogens is 1. The van der Waals surface area contributed by atoms with Gasteiger partial charge in [0.1, 0.15) is 0 Å². The maximum atomic E-state index is 8.65. The number of nitrogens with two attached hydrogens (primary N) is 1. The van der Waals surface area contributed by atoms with Crippen molar-refractivity contribution in [2.24, 2.45) is 10.7 Å². The van der Waals surface area contributed by atoms with Crippen molar-refractivity contribution in [2.75, 3.05) is 18.5 Å². The number of guanidine groups is 1. The third-order valence-corrected chi connectivity index (χ3v) is 3.00. The second kappa shape index (κ2) is 7.24. The number of nitrogens with one attached hydrogen (secondary N) is 1. The summed E-state index contributed by atoms with van der Waals surface area (Å²) in [6, 6.07) is 6.34. The number of hydrogen-bond acceptors (Lipinski definition) is 2.